The van der Waals surface area contributed by atoms with Gasteiger partial charge in [0, 0.05) is 26.6 Å². The summed E-state index contributed by atoms with van der Waals surface area (Å²) < 4.78 is 19.2. The highest BCUT2D eigenvalue weighted by atomic mass is 19.1. The van der Waals surface area contributed by atoms with E-state index in [1.807, 2.05) is 6.92 Å². The Bertz CT molecular complexity index is 618. The van der Waals surface area contributed by atoms with Gasteiger partial charge in [0.15, 0.2) is 17.5 Å². The van der Waals surface area contributed by atoms with Crippen molar-refractivity contribution in [3.05, 3.63) is 30.1 Å². The summed E-state index contributed by atoms with van der Waals surface area (Å²) in [6.07, 6.45) is 5.26. The van der Waals surface area contributed by atoms with Crippen molar-refractivity contribution in [2.24, 2.45) is 10.9 Å². The van der Waals surface area contributed by atoms with Crippen molar-refractivity contribution >= 4 is 11.9 Å². The summed E-state index contributed by atoms with van der Waals surface area (Å²) in [7, 11) is 1.68. The molecular weight excluding hydrogens is 347 g/mol. The highest BCUT2D eigenvalue weighted by molar-refractivity contribution is 5.80. The van der Waals surface area contributed by atoms with Crippen LogP contribution < -0.4 is 20.7 Å². The van der Waals surface area contributed by atoms with E-state index >= 15 is 0 Å². The first kappa shape index (κ1) is 21.0. The molecule has 1 fully saturated rings. The summed E-state index contributed by atoms with van der Waals surface area (Å²) in [5, 5.41) is 9.22. The first-order valence-electron chi connectivity index (χ1n) is 9.71. The Morgan fingerprint density at radius 2 is 1.93 bits per heavy atom. The molecular formula is C20H31FN4O2. The second-order valence-electron chi connectivity index (χ2n) is 6.94. The SMILES string of the molecule is CN=C(NCCNC(=O)CC1CCCC1)NCC(C)Oc1ccccc1F. The molecule has 0 bridgehead atoms. The topological polar surface area (TPSA) is 74.8 Å². The number of hydrogen-bond acceptors (Lipinski definition) is 3. The van der Waals surface area contributed by atoms with E-state index in [0.29, 0.717) is 37.9 Å². The minimum atomic E-state index is -0.375. The summed E-state index contributed by atoms with van der Waals surface area (Å²) in [6, 6.07) is 6.34. The molecule has 0 heterocycles. The Morgan fingerprint density at radius 3 is 2.63 bits per heavy atom. The van der Waals surface area contributed by atoms with E-state index in [2.05, 4.69) is 20.9 Å². The van der Waals surface area contributed by atoms with Crippen LogP contribution in [0.4, 0.5) is 4.39 Å². The van der Waals surface area contributed by atoms with E-state index in [1.54, 1.807) is 25.2 Å². The van der Waals surface area contributed by atoms with Crippen LogP contribution in [0, 0.1) is 11.7 Å². The average molecular weight is 378 g/mol. The number of aliphatic imine (C=N–C) groups is 1. The van der Waals surface area contributed by atoms with Crippen molar-refractivity contribution in [2.45, 2.75) is 45.1 Å². The molecule has 1 amide bonds. The van der Waals surface area contributed by atoms with Crippen molar-refractivity contribution in [1.82, 2.24) is 16.0 Å². The molecule has 1 atom stereocenters. The van der Waals surface area contributed by atoms with Crippen LogP contribution in [0.25, 0.3) is 0 Å². The largest absolute Gasteiger partial charge is 0.486 e. The van der Waals surface area contributed by atoms with Crippen LogP contribution in [0.5, 0.6) is 5.75 Å². The fourth-order valence-electron chi connectivity index (χ4n) is 3.19. The molecule has 27 heavy (non-hydrogen) atoms. The average Bonchev–Trinajstić information content (AvgIpc) is 3.16. The maximum Gasteiger partial charge on any atom is 0.220 e. The first-order chi connectivity index (χ1) is 13.1. The Kier molecular flexibility index (Phi) is 8.87. The van der Waals surface area contributed by atoms with Crippen LogP contribution in [0.2, 0.25) is 0 Å². The third-order valence-corrected chi connectivity index (χ3v) is 4.63. The molecule has 1 aliphatic rings. The van der Waals surface area contributed by atoms with Crippen molar-refractivity contribution in [3.63, 3.8) is 0 Å². The molecule has 0 aliphatic heterocycles. The lowest BCUT2D eigenvalue weighted by molar-refractivity contribution is -0.121. The zero-order valence-electron chi connectivity index (χ0n) is 16.3. The lowest BCUT2D eigenvalue weighted by Crippen LogP contribution is -2.44. The van der Waals surface area contributed by atoms with E-state index in [9.17, 15) is 9.18 Å². The number of ether oxygens (including phenoxy) is 1. The van der Waals surface area contributed by atoms with Gasteiger partial charge in [-0.25, -0.2) is 4.39 Å². The van der Waals surface area contributed by atoms with Crippen molar-refractivity contribution < 1.29 is 13.9 Å². The molecule has 0 radical (unpaired) electrons. The van der Waals surface area contributed by atoms with Crippen molar-refractivity contribution in [3.8, 4) is 5.75 Å². The zero-order chi connectivity index (χ0) is 19.5. The van der Waals surface area contributed by atoms with Gasteiger partial charge in [-0.3, -0.25) is 9.79 Å². The van der Waals surface area contributed by atoms with Crippen molar-refractivity contribution in [2.75, 3.05) is 26.7 Å². The number of rotatable bonds is 9. The fraction of sp³-hybridized carbons (Fsp3) is 0.600. The predicted molar refractivity (Wildman–Crippen MR) is 105 cm³/mol. The molecule has 1 aliphatic carbocycles. The van der Waals surface area contributed by atoms with Gasteiger partial charge in [-0.05, 0) is 37.8 Å². The number of hydrogen-bond donors (Lipinski definition) is 3. The number of nitrogens with one attached hydrogen (secondary N) is 3. The summed E-state index contributed by atoms with van der Waals surface area (Å²) in [5.41, 5.74) is 0. The van der Waals surface area contributed by atoms with Gasteiger partial charge in [-0.1, -0.05) is 25.0 Å². The number of amides is 1. The van der Waals surface area contributed by atoms with Gasteiger partial charge >= 0.3 is 0 Å². The number of carbonyl (C=O) groups is 1. The predicted octanol–water partition coefficient (Wildman–Crippen LogP) is 2.45. The summed E-state index contributed by atoms with van der Waals surface area (Å²) in [6.45, 7) is 3.46. The molecule has 6 nitrogen and oxygen atoms in total. The molecule has 1 aromatic carbocycles. The monoisotopic (exact) mass is 378 g/mol. The lowest BCUT2D eigenvalue weighted by Gasteiger charge is -2.18. The molecule has 2 rings (SSSR count). The third-order valence-electron chi connectivity index (χ3n) is 4.63. The van der Waals surface area contributed by atoms with Crippen LogP contribution in [0.1, 0.15) is 39.0 Å². The highest BCUT2D eigenvalue weighted by Gasteiger charge is 2.18. The molecule has 1 aromatic rings. The maximum absolute atomic E-state index is 13.6. The Balaban J connectivity index is 1.59. The number of carbonyl (C=O) groups excluding carboxylic acids is 1. The van der Waals surface area contributed by atoms with E-state index in [-0.39, 0.29) is 23.6 Å². The number of halogens is 1. The Hall–Kier alpha value is -2.31. The fourth-order valence-corrected chi connectivity index (χ4v) is 3.19. The number of benzene rings is 1. The van der Waals surface area contributed by atoms with Gasteiger partial charge in [-0.2, -0.15) is 0 Å². The Morgan fingerprint density at radius 1 is 1.22 bits per heavy atom. The normalized spacial score (nSPS) is 16.0. The van der Waals surface area contributed by atoms with E-state index < -0.39 is 0 Å². The van der Waals surface area contributed by atoms with Gasteiger partial charge in [0.25, 0.3) is 0 Å². The summed E-state index contributed by atoms with van der Waals surface area (Å²) in [5.74, 6) is 1.16. The van der Waals surface area contributed by atoms with Gasteiger partial charge in [0.05, 0.1) is 6.54 Å². The second-order valence-corrected chi connectivity index (χ2v) is 6.94. The number of guanidine groups is 1. The molecule has 7 heteroatoms. The van der Waals surface area contributed by atoms with Crippen LogP contribution >= 0.6 is 0 Å². The van der Waals surface area contributed by atoms with E-state index in [1.165, 1.54) is 31.7 Å². The standard InChI is InChI=1S/C20H31FN4O2/c1-15(27-18-10-6-5-9-17(18)21)14-25-20(22-2)24-12-11-23-19(26)13-16-7-3-4-8-16/h5-6,9-10,15-16H,3-4,7-8,11-14H2,1-2H3,(H,23,26)(H2,22,24,25). The molecule has 1 saturated carbocycles. The number of para-hydroxylation sites is 1. The second kappa shape index (κ2) is 11.4. The minimum Gasteiger partial charge on any atom is -0.486 e. The molecule has 1 unspecified atom stereocenters. The van der Waals surface area contributed by atoms with Crippen LogP contribution in [-0.4, -0.2) is 44.7 Å². The number of nitrogens with zero attached hydrogens (tertiary/aromatic N) is 1. The van der Waals surface area contributed by atoms with Gasteiger partial charge in [0.2, 0.25) is 5.91 Å². The highest BCUT2D eigenvalue weighted by Crippen LogP contribution is 2.27. The molecule has 0 aromatic heterocycles. The molecule has 150 valence electrons. The smallest absolute Gasteiger partial charge is 0.220 e. The van der Waals surface area contributed by atoms with Crippen LogP contribution in [0.3, 0.4) is 0 Å². The molecule has 0 spiro atoms. The Labute approximate surface area is 161 Å². The lowest BCUT2D eigenvalue weighted by atomic mass is 10.0. The van der Waals surface area contributed by atoms with Gasteiger partial charge in [-0.15, -0.1) is 0 Å². The summed E-state index contributed by atoms with van der Waals surface area (Å²) >= 11 is 0. The summed E-state index contributed by atoms with van der Waals surface area (Å²) in [4.78, 5) is 16.0. The first-order valence-corrected chi connectivity index (χ1v) is 9.71. The zero-order valence-corrected chi connectivity index (χ0v) is 16.3. The maximum atomic E-state index is 13.6. The minimum absolute atomic E-state index is 0.124. The van der Waals surface area contributed by atoms with Gasteiger partial charge < -0.3 is 20.7 Å². The van der Waals surface area contributed by atoms with E-state index in [4.69, 9.17) is 4.74 Å². The van der Waals surface area contributed by atoms with Gasteiger partial charge in [0.1, 0.15) is 6.10 Å². The van der Waals surface area contributed by atoms with Crippen LogP contribution in [0.15, 0.2) is 29.3 Å². The third kappa shape index (κ3) is 7.85. The molecule has 3 N–H and O–H groups in total. The molecule has 0 saturated heterocycles. The van der Waals surface area contributed by atoms with Crippen molar-refractivity contribution in [1.29, 1.82) is 0 Å². The quantitative estimate of drug-likeness (QED) is 0.351. The van der Waals surface area contributed by atoms with E-state index in [0.717, 1.165) is 0 Å². The van der Waals surface area contributed by atoms with Crippen LogP contribution in [-0.2, 0) is 4.79 Å².